The van der Waals surface area contributed by atoms with E-state index in [1.807, 2.05) is 65.0 Å². The zero-order valence-corrected chi connectivity index (χ0v) is 27.0. The topological polar surface area (TPSA) is 152 Å². The van der Waals surface area contributed by atoms with Gasteiger partial charge in [-0.15, -0.1) is 0 Å². The molecule has 2 aromatic carbocycles. The number of anilines is 3. The van der Waals surface area contributed by atoms with E-state index < -0.39 is 21.4 Å². The van der Waals surface area contributed by atoms with Crippen LogP contribution in [0.1, 0.15) is 54.5 Å². The molecule has 3 heterocycles. The molecule has 1 atom stereocenters. The average molecular weight is 630 g/mol. The Morgan fingerprint density at radius 1 is 1.09 bits per heavy atom. The molecule has 0 spiro atoms. The van der Waals surface area contributed by atoms with E-state index in [0.29, 0.717) is 23.7 Å². The molecule has 12 heteroatoms. The van der Waals surface area contributed by atoms with Crippen LogP contribution in [0.4, 0.5) is 17.1 Å². The van der Waals surface area contributed by atoms with Gasteiger partial charge in [0.05, 0.1) is 41.1 Å². The summed E-state index contributed by atoms with van der Waals surface area (Å²) in [5.41, 5.74) is 11.9. The number of nitrogen functional groups attached to an aromatic ring is 1. The van der Waals surface area contributed by atoms with Crippen LogP contribution in [0.15, 0.2) is 72.4 Å². The number of carbonyl (C=O) groups excluding carboxylic acids is 1. The summed E-state index contributed by atoms with van der Waals surface area (Å²) in [4.78, 5) is 26.1. The monoisotopic (exact) mass is 629 g/mol. The Hall–Kier alpha value is -4.55. The molecule has 0 radical (unpaired) electrons. The molecule has 0 aliphatic carbocycles. The number of fused-ring (bicyclic) bond motifs is 1. The minimum Gasteiger partial charge on any atom is -0.491 e. The molecular weight excluding hydrogens is 590 g/mol. The third-order valence-electron chi connectivity index (χ3n) is 8.38. The van der Waals surface area contributed by atoms with Crippen molar-refractivity contribution in [2.45, 2.75) is 52.0 Å². The first-order chi connectivity index (χ1) is 21.4. The molecule has 5 rings (SSSR count). The lowest BCUT2D eigenvalue weighted by molar-refractivity contribution is -0.124. The van der Waals surface area contributed by atoms with Crippen LogP contribution in [0.5, 0.6) is 5.75 Å². The number of carbonyl (C=O) groups is 1. The summed E-state index contributed by atoms with van der Waals surface area (Å²) < 4.78 is 34.5. The fourth-order valence-corrected chi connectivity index (χ4v) is 7.24. The lowest BCUT2D eigenvalue weighted by Gasteiger charge is -2.36. The predicted octanol–water partition coefficient (Wildman–Crippen LogP) is 4.88. The van der Waals surface area contributed by atoms with Gasteiger partial charge in [-0.1, -0.05) is 38.1 Å². The lowest BCUT2D eigenvalue weighted by atomic mass is 9.69. The van der Waals surface area contributed by atoms with Crippen LogP contribution < -0.4 is 21.1 Å². The SMILES string of the molecule is CCNc1ccc(C(c2ccc(C)c(CN3CCOc4ccncc4S3(=O)=O)c2)C(C)(C)C(=O)Nc2cncnc2)c(C)c1N. The van der Waals surface area contributed by atoms with Crippen molar-refractivity contribution >= 4 is 33.0 Å². The van der Waals surface area contributed by atoms with Gasteiger partial charge < -0.3 is 21.1 Å². The minimum atomic E-state index is -3.87. The smallest absolute Gasteiger partial charge is 0.248 e. The second-order valence-corrected chi connectivity index (χ2v) is 13.6. The first-order valence-electron chi connectivity index (χ1n) is 14.8. The van der Waals surface area contributed by atoms with Crippen molar-refractivity contribution in [3.63, 3.8) is 0 Å². The van der Waals surface area contributed by atoms with Gasteiger partial charge in [0.2, 0.25) is 15.9 Å². The molecule has 1 aliphatic rings. The van der Waals surface area contributed by atoms with Crippen LogP contribution in [-0.4, -0.2) is 53.3 Å². The van der Waals surface area contributed by atoms with E-state index in [1.165, 1.54) is 23.0 Å². The van der Waals surface area contributed by atoms with Crippen LogP contribution in [-0.2, 0) is 21.4 Å². The molecular formula is C33H39N7O4S. The van der Waals surface area contributed by atoms with Crippen molar-refractivity contribution in [3.05, 3.63) is 95.3 Å². The van der Waals surface area contributed by atoms with E-state index in [2.05, 4.69) is 25.6 Å². The number of nitrogens with one attached hydrogen (secondary N) is 2. The highest BCUT2D eigenvalue weighted by molar-refractivity contribution is 7.89. The molecule has 4 aromatic rings. The fourth-order valence-electron chi connectivity index (χ4n) is 5.77. The second-order valence-electron chi connectivity index (χ2n) is 11.7. The second kappa shape index (κ2) is 12.8. The number of amides is 1. The number of hydrogen-bond donors (Lipinski definition) is 3. The molecule has 45 heavy (non-hydrogen) atoms. The Balaban J connectivity index is 1.59. The van der Waals surface area contributed by atoms with E-state index in [9.17, 15) is 13.2 Å². The van der Waals surface area contributed by atoms with Gasteiger partial charge in [-0.05, 0) is 60.7 Å². The van der Waals surface area contributed by atoms with E-state index in [-0.39, 0.29) is 30.5 Å². The Labute approximate surface area is 264 Å². The van der Waals surface area contributed by atoms with Crippen LogP contribution >= 0.6 is 0 Å². The van der Waals surface area contributed by atoms with E-state index in [1.54, 1.807) is 18.5 Å². The highest BCUT2D eigenvalue weighted by Gasteiger charge is 2.40. The third-order valence-corrected chi connectivity index (χ3v) is 10.2. The van der Waals surface area contributed by atoms with Gasteiger partial charge in [-0.3, -0.25) is 9.78 Å². The summed E-state index contributed by atoms with van der Waals surface area (Å²) in [6.45, 7) is 10.9. The quantitative estimate of drug-likeness (QED) is 0.220. The summed E-state index contributed by atoms with van der Waals surface area (Å²) in [6, 6.07) is 11.5. The van der Waals surface area contributed by atoms with Gasteiger partial charge in [0.15, 0.2) is 0 Å². The number of pyridine rings is 1. The van der Waals surface area contributed by atoms with Gasteiger partial charge in [-0.25, -0.2) is 18.4 Å². The van der Waals surface area contributed by atoms with E-state index in [4.69, 9.17) is 10.5 Å². The average Bonchev–Trinajstić information content (AvgIpc) is 3.14. The van der Waals surface area contributed by atoms with E-state index >= 15 is 0 Å². The number of sulfonamides is 1. The summed E-state index contributed by atoms with van der Waals surface area (Å²) >= 11 is 0. The molecule has 1 amide bonds. The van der Waals surface area contributed by atoms with Crippen LogP contribution in [0, 0.1) is 19.3 Å². The molecule has 0 fully saturated rings. The first kappa shape index (κ1) is 31.9. The molecule has 0 saturated heterocycles. The maximum Gasteiger partial charge on any atom is 0.248 e. The number of nitrogens with two attached hydrogens (primary N) is 1. The largest absolute Gasteiger partial charge is 0.491 e. The summed E-state index contributed by atoms with van der Waals surface area (Å²) in [6.07, 6.45) is 7.34. The maximum atomic E-state index is 14.0. The zero-order chi connectivity index (χ0) is 32.4. The normalized spacial score (nSPS) is 15.3. The van der Waals surface area contributed by atoms with Crippen molar-refractivity contribution in [1.29, 1.82) is 0 Å². The summed E-state index contributed by atoms with van der Waals surface area (Å²) in [7, 11) is -3.87. The minimum absolute atomic E-state index is 0.0451. The molecule has 1 aliphatic heterocycles. The number of hydrogen-bond acceptors (Lipinski definition) is 9. The van der Waals surface area contributed by atoms with Gasteiger partial charge >= 0.3 is 0 Å². The number of rotatable bonds is 9. The van der Waals surface area contributed by atoms with Crippen LogP contribution in [0.3, 0.4) is 0 Å². The van der Waals surface area contributed by atoms with Crippen molar-refractivity contribution < 1.29 is 17.9 Å². The Bertz CT molecular complexity index is 1810. The van der Waals surface area contributed by atoms with Crippen LogP contribution in [0.25, 0.3) is 0 Å². The zero-order valence-electron chi connectivity index (χ0n) is 26.2. The Morgan fingerprint density at radius 2 is 1.84 bits per heavy atom. The first-order valence-corrected chi connectivity index (χ1v) is 16.2. The van der Waals surface area contributed by atoms with Crippen molar-refractivity contribution in [1.82, 2.24) is 19.3 Å². The van der Waals surface area contributed by atoms with Gasteiger partial charge in [0.1, 0.15) is 23.6 Å². The van der Waals surface area contributed by atoms with Gasteiger partial charge in [0.25, 0.3) is 0 Å². The lowest BCUT2D eigenvalue weighted by Crippen LogP contribution is -2.37. The molecule has 0 saturated carbocycles. The molecule has 0 bridgehead atoms. The Kier molecular flexibility index (Phi) is 9.08. The number of aromatic nitrogens is 3. The van der Waals surface area contributed by atoms with Crippen molar-refractivity contribution in [2.24, 2.45) is 5.41 Å². The van der Waals surface area contributed by atoms with Crippen LogP contribution in [0.2, 0.25) is 0 Å². The van der Waals surface area contributed by atoms with Crippen molar-refractivity contribution in [2.75, 3.05) is 36.1 Å². The predicted molar refractivity (Wildman–Crippen MR) is 175 cm³/mol. The molecule has 2 aromatic heterocycles. The molecule has 11 nitrogen and oxygen atoms in total. The number of benzene rings is 2. The standard InChI is InChI=1S/C33H39N7O4S/c1-6-38-27-10-9-26(22(3)31(27)34)30(33(4,5)32(41)39-25-16-36-20-37-17-25)23-8-7-21(2)24(15-23)19-40-13-14-44-28-11-12-35-18-29(28)45(40,42)43/h7-12,15-18,20,30,38H,6,13-14,19,34H2,1-5H3,(H,39,41). The van der Waals surface area contributed by atoms with Gasteiger partial charge in [0, 0.05) is 31.7 Å². The highest BCUT2D eigenvalue weighted by Crippen LogP contribution is 2.45. The maximum absolute atomic E-state index is 14.0. The number of nitrogens with zero attached hydrogens (tertiary/aromatic N) is 4. The fraction of sp³-hybridized carbons (Fsp3) is 0.333. The molecule has 4 N–H and O–H groups in total. The Morgan fingerprint density at radius 3 is 2.58 bits per heavy atom. The molecule has 1 unspecified atom stereocenters. The van der Waals surface area contributed by atoms with Crippen molar-refractivity contribution in [3.8, 4) is 5.75 Å². The molecule has 236 valence electrons. The van der Waals surface area contributed by atoms with Gasteiger partial charge in [-0.2, -0.15) is 4.31 Å². The summed E-state index contributed by atoms with van der Waals surface area (Å²) in [5.74, 6) is -0.383. The van der Waals surface area contributed by atoms with E-state index in [0.717, 1.165) is 33.5 Å². The third kappa shape index (κ3) is 6.34. The number of ether oxygens (including phenoxy) is 1. The highest BCUT2D eigenvalue weighted by atomic mass is 32.2. The number of aryl methyl sites for hydroxylation is 1. The summed E-state index contributed by atoms with van der Waals surface area (Å²) in [5, 5.41) is 6.28.